The van der Waals surface area contributed by atoms with Crippen LogP contribution in [0.25, 0.3) is 0 Å². The highest BCUT2D eigenvalue weighted by atomic mass is 16.3. The molecule has 49 heavy (non-hydrogen) atoms. The van der Waals surface area contributed by atoms with Crippen molar-refractivity contribution in [2.75, 3.05) is 39.3 Å². The molecule has 3 aliphatic carbocycles. The first-order valence-corrected chi connectivity index (χ1v) is 17.2. The summed E-state index contributed by atoms with van der Waals surface area (Å²) in [4.78, 5) is 60.4. The van der Waals surface area contributed by atoms with Crippen molar-refractivity contribution >= 4 is 29.5 Å². The zero-order valence-corrected chi connectivity index (χ0v) is 28.5. The van der Waals surface area contributed by atoms with Gasteiger partial charge in [-0.2, -0.15) is 0 Å². The number of allylic oxidation sites excluding steroid dienone is 2. The molecule has 3 fully saturated rings. The van der Waals surface area contributed by atoms with E-state index in [1.54, 1.807) is 0 Å². The smallest absolute Gasteiger partial charge is 0.243 e. The lowest BCUT2D eigenvalue weighted by Crippen LogP contribution is -2.56. The number of aliphatic hydroxyl groups is 1. The molecule has 268 valence electrons. The Bertz CT molecular complexity index is 1270. The number of amides is 5. The Morgan fingerprint density at radius 3 is 1.73 bits per heavy atom. The van der Waals surface area contributed by atoms with E-state index in [2.05, 4.69) is 58.2 Å². The Morgan fingerprint density at radius 1 is 0.653 bits per heavy atom. The van der Waals surface area contributed by atoms with Crippen LogP contribution in [-0.2, 0) is 24.0 Å². The number of rotatable bonds is 22. The Balaban J connectivity index is 1.43. The molecule has 3 aliphatic rings. The number of aliphatic hydroxyl groups excluding tert-OH is 1. The normalized spacial score (nSPS) is 24.5. The summed E-state index contributed by atoms with van der Waals surface area (Å²) in [6, 6.07) is 0. The summed E-state index contributed by atoms with van der Waals surface area (Å²) in [6.07, 6.45) is 16.4. The summed E-state index contributed by atoms with van der Waals surface area (Å²) in [5, 5.41) is 26.9. The van der Waals surface area contributed by atoms with E-state index in [1.807, 2.05) is 0 Å². The van der Waals surface area contributed by atoms with Crippen LogP contribution in [0.4, 0.5) is 0 Å². The highest BCUT2D eigenvalue weighted by Gasteiger charge is 2.56. The average molecular weight is 679 g/mol. The standard InChI is InChI=1S/C37H54N6O6/c1-5-30(44)38-18-16-26-19-27-20-29(26)28-14-13-25(36(27)28)15-17-39-34(48)11-9-10-12-35(49)43-24-37(21-40-31(45)6-2,22-41-32(46)7-3)23-42-33(47)8-4/h5-12,25-29,31,36,40,45H,1-4,13-24H2,(H,38,44)(H,39,48)(H,41,46)(H,42,47)(H,43,49)/b11-9+,12-10+. The second-order valence-corrected chi connectivity index (χ2v) is 13.4. The zero-order valence-electron chi connectivity index (χ0n) is 28.5. The largest absolute Gasteiger partial charge is 0.375 e. The second kappa shape index (κ2) is 19.6. The predicted molar refractivity (Wildman–Crippen MR) is 189 cm³/mol. The molecule has 3 saturated carbocycles. The fourth-order valence-corrected chi connectivity index (χ4v) is 8.07. The highest BCUT2D eigenvalue weighted by molar-refractivity contribution is 5.90. The summed E-state index contributed by atoms with van der Waals surface area (Å²) < 4.78 is 0. The van der Waals surface area contributed by atoms with Crippen molar-refractivity contribution in [3.63, 3.8) is 0 Å². The van der Waals surface area contributed by atoms with Gasteiger partial charge in [-0.05, 0) is 98.3 Å². The monoisotopic (exact) mass is 678 g/mol. The molecule has 0 heterocycles. The second-order valence-electron chi connectivity index (χ2n) is 13.4. The quantitative estimate of drug-likeness (QED) is 0.0392. The molecule has 12 nitrogen and oxygen atoms in total. The van der Waals surface area contributed by atoms with E-state index >= 15 is 0 Å². The van der Waals surface area contributed by atoms with Crippen LogP contribution in [0.2, 0.25) is 0 Å². The van der Waals surface area contributed by atoms with E-state index in [0.29, 0.717) is 24.9 Å². The van der Waals surface area contributed by atoms with Gasteiger partial charge in [-0.25, -0.2) is 0 Å². The van der Waals surface area contributed by atoms with Crippen LogP contribution in [-0.4, -0.2) is 80.1 Å². The molecule has 7 atom stereocenters. The van der Waals surface area contributed by atoms with Crippen LogP contribution in [0.3, 0.4) is 0 Å². The molecule has 0 aromatic rings. The summed E-state index contributed by atoms with van der Waals surface area (Å²) in [5.74, 6) is 2.71. The summed E-state index contributed by atoms with van der Waals surface area (Å²) in [7, 11) is 0. The van der Waals surface area contributed by atoms with E-state index in [4.69, 9.17) is 0 Å². The highest BCUT2D eigenvalue weighted by Crippen LogP contribution is 2.63. The van der Waals surface area contributed by atoms with Gasteiger partial charge >= 0.3 is 0 Å². The predicted octanol–water partition coefficient (Wildman–Crippen LogP) is 1.40. The van der Waals surface area contributed by atoms with Crippen LogP contribution in [0.1, 0.15) is 38.5 Å². The van der Waals surface area contributed by atoms with E-state index in [-0.39, 0.29) is 38.0 Å². The summed E-state index contributed by atoms with van der Waals surface area (Å²) in [5.41, 5.74) is -0.940. The van der Waals surface area contributed by atoms with Gasteiger partial charge in [0.05, 0.1) is 0 Å². The van der Waals surface area contributed by atoms with Gasteiger partial charge in [-0.1, -0.05) is 38.5 Å². The molecule has 0 spiro atoms. The van der Waals surface area contributed by atoms with Gasteiger partial charge in [0.2, 0.25) is 29.5 Å². The fraction of sp³-hybridized carbons (Fsp3) is 0.541. The molecule has 7 N–H and O–H groups in total. The Kier molecular flexibility index (Phi) is 15.7. The minimum Gasteiger partial charge on any atom is -0.375 e. The van der Waals surface area contributed by atoms with Gasteiger partial charge in [-0.15, -0.1) is 0 Å². The summed E-state index contributed by atoms with van der Waals surface area (Å²) >= 11 is 0. The van der Waals surface area contributed by atoms with Gasteiger partial charge in [0.1, 0.15) is 6.23 Å². The van der Waals surface area contributed by atoms with Crippen molar-refractivity contribution in [1.29, 1.82) is 0 Å². The Hall–Kier alpha value is -4.29. The molecular weight excluding hydrogens is 624 g/mol. The molecule has 0 aromatic heterocycles. The molecule has 2 bridgehead atoms. The third-order valence-electron chi connectivity index (χ3n) is 10.4. The maximum atomic E-state index is 12.6. The van der Waals surface area contributed by atoms with E-state index in [9.17, 15) is 29.1 Å². The number of fused-ring (bicyclic) bond motifs is 5. The number of carbonyl (C=O) groups is 5. The van der Waals surface area contributed by atoms with Gasteiger partial charge < -0.3 is 31.7 Å². The molecule has 0 aliphatic heterocycles. The van der Waals surface area contributed by atoms with Crippen LogP contribution in [0, 0.1) is 40.9 Å². The van der Waals surface area contributed by atoms with Gasteiger partial charge in [-0.3, -0.25) is 29.3 Å². The molecule has 0 aromatic carbocycles. The fourth-order valence-electron chi connectivity index (χ4n) is 8.07. The maximum absolute atomic E-state index is 12.6. The number of carbonyl (C=O) groups excluding carboxylic acids is 5. The van der Waals surface area contributed by atoms with Crippen molar-refractivity contribution in [2.45, 2.75) is 44.8 Å². The zero-order chi connectivity index (χ0) is 35.8. The van der Waals surface area contributed by atoms with Crippen molar-refractivity contribution in [3.8, 4) is 0 Å². The molecule has 5 amide bonds. The first kappa shape index (κ1) is 39.2. The SMILES string of the molecule is C=CC(=O)NCCC1CC2CC1C1CCC(CCNC(=O)/C=C/C=C/C(=O)NCC(CNC(=O)C=C)(CNC(=O)C=C)CNC(O)C=C)C21. The molecule has 0 saturated heterocycles. The van der Waals surface area contributed by atoms with Crippen molar-refractivity contribution in [1.82, 2.24) is 31.9 Å². The molecule has 12 heteroatoms. The number of nitrogens with one attached hydrogen (secondary N) is 6. The van der Waals surface area contributed by atoms with E-state index in [0.717, 1.165) is 48.7 Å². The lowest BCUT2D eigenvalue weighted by Gasteiger charge is -2.35. The van der Waals surface area contributed by atoms with Crippen molar-refractivity contribution in [2.24, 2.45) is 40.9 Å². The van der Waals surface area contributed by atoms with Crippen LogP contribution in [0.5, 0.6) is 0 Å². The van der Waals surface area contributed by atoms with Crippen LogP contribution < -0.4 is 31.9 Å². The molecule has 0 radical (unpaired) electrons. The molecule has 3 rings (SSSR count). The third kappa shape index (κ3) is 12.0. The van der Waals surface area contributed by atoms with E-state index < -0.39 is 29.4 Å². The van der Waals surface area contributed by atoms with Crippen LogP contribution >= 0.6 is 0 Å². The van der Waals surface area contributed by atoms with E-state index in [1.165, 1.54) is 62.1 Å². The first-order valence-electron chi connectivity index (χ1n) is 17.2. The lowest BCUT2D eigenvalue weighted by atomic mass is 9.72. The van der Waals surface area contributed by atoms with Gasteiger partial charge in [0.25, 0.3) is 0 Å². The Labute approximate surface area is 290 Å². The van der Waals surface area contributed by atoms with Crippen LogP contribution in [0.15, 0.2) is 74.9 Å². The van der Waals surface area contributed by atoms with Gasteiger partial charge in [0.15, 0.2) is 0 Å². The van der Waals surface area contributed by atoms with Crippen molar-refractivity contribution in [3.05, 3.63) is 74.9 Å². The first-order chi connectivity index (χ1) is 23.5. The average Bonchev–Trinajstić information content (AvgIpc) is 3.82. The summed E-state index contributed by atoms with van der Waals surface area (Å²) in [6.45, 7) is 15.5. The van der Waals surface area contributed by atoms with Crippen molar-refractivity contribution < 1.29 is 29.1 Å². The Morgan fingerprint density at radius 2 is 1.16 bits per heavy atom. The van der Waals surface area contributed by atoms with Gasteiger partial charge in [0, 0.05) is 56.8 Å². The minimum absolute atomic E-state index is 0.0192. The topological polar surface area (TPSA) is 178 Å². The molecular formula is C37H54N6O6. The lowest BCUT2D eigenvalue weighted by molar-refractivity contribution is -0.118. The minimum atomic E-state index is -1.05. The molecule has 7 unspecified atom stereocenters. The third-order valence-corrected chi connectivity index (χ3v) is 10.4. The number of hydrogen-bond donors (Lipinski definition) is 7. The number of hydrogen-bond acceptors (Lipinski definition) is 7. The maximum Gasteiger partial charge on any atom is 0.243 e.